The molecule has 5 nitrogen and oxygen atoms in total. The predicted molar refractivity (Wildman–Crippen MR) is 81.2 cm³/mol. The first-order valence-corrected chi connectivity index (χ1v) is 7.23. The Kier molecular flexibility index (Phi) is 4.60. The molecule has 1 fully saturated rings. The summed E-state index contributed by atoms with van der Waals surface area (Å²) in [6.07, 6.45) is 2.17. The van der Waals surface area contributed by atoms with Crippen LogP contribution >= 0.6 is 0 Å². The summed E-state index contributed by atoms with van der Waals surface area (Å²) < 4.78 is 0. The molecule has 0 radical (unpaired) electrons. The smallest absolute Gasteiger partial charge is 0.274 e. The monoisotopic (exact) mass is 277 g/mol. The number of likely N-dealkylation sites (tertiary alicyclic amines) is 1. The first kappa shape index (κ1) is 14.8. The van der Waals surface area contributed by atoms with Gasteiger partial charge in [-0.05, 0) is 39.7 Å². The van der Waals surface area contributed by atoms with Crippen LogP contribution in [0.1, 0.15) is 32.3 Å². The summed E-state index contributed by atoms with van der Waals surface area (Å²) in [6.45, 7) is 8.38. The molecule has 0 atom stereocenters. The zero-order valence-corrected chi connectivity index (χ0v) is 12.4. The van der Waals surface area contributed by atoms with E-state index in [2.05, 4.69) is 24.1 Å². The van der Waals surface area contributed by atoms with Crippen molar-refractivity contribution in [3.63, 3.8) is 0 Å². The number of piperidine rings is 1. The molecule has 0 amide bonds. The first-order chi connectivity index (χ1) is 9.47. The zero-order valence-electron chi connectivity index (χ0n) is 12.4. The van der Waals surface area contributed by atoms with Gasteiger partial charge in [0.1, 0.15) is 0 Å². The Hall–Kier alpha value is -1.62. The van der Waals surface area contributed by atoms with Crippen LogP contribution in [0.5, 0.6) is 0 Å². The van der Waals surface area contributed by atoms with Crippen LogP contribution in [0.4, 0.5) is 11.4 Å². The molecule has 1 aliphatic heterocycles. The molecule has 0 spiro atoms. The maximum absolute atomic E-state index is 11.0. The number of aryl methyl sites for hydroxylation is 1. The maximum Gasteiger partial charge on any atom is 0.274 e. The van der Waals surface area contributed by atoms with Crippen LogP contribution in [0.3, 0.4) is 0 Å². The molecule has 1 aromatic rings. The number of rotatable bonds is 4. The van der Waals surface area contributed by atoms with Gasteiger partial charge in [0.15, 0.2) is 0 Å². The fraction of sp³-hybridized carbons (Fsp3) is 0.600. The molecule has 1 N–H and O–H groups in total. The van der Waals surface area contributed by atoms with Gasteiger partial charge >= 0.3 is 0 Å². The number of nitro benzene ring substituents is 1. The Morgan fingerprint density at radius 1 is 1.35 bits per heavy atom. The Bertz CT molecular complexity index is 480. The van der Waals surface area contributed by atoms with Crippen molar-refractivity contribution in [1.29, 1.82) is 0 Å². The van der Waals surface area contributed by atoms with Crippen molar-refractivity contribution >= 4 is 11.4 Å². The van der Waals surface area contributed by atoms with Gasteiger partial charge in [0.2, 0.25) is 0 Å². The Morgan fingerprint density at radius 3 is 2.55 bits per heavy atom. The number of nitrogens with zero attached hydrogens (tertiary/aromatic N) is 2. The summed E-state index contributed by atoms with van der Waals surface area (Å²) in [6, 6.07) is 6.38. The lowest BCUT2D eigenvalue weighted by molar-refractivity contribution is -0.385. The average molecular weight is 277 g/mol. The van der Waals surface area contributed by atoms with Crippen molar-refractivity contribution < 1.29 is 4.92 Å². The van der Waals surface area contributed by atoms with Gasteiger partial charge in [-0.15, -0.1) is 0 Å². The Labute approximate surface area is 120 Å². The van der Waals surface area contributed by atoms with Crippen molar-refractivity contribution in [3.8, 4) is 0 Å². The van der Waals surface area contributed by atoms with Gasteiger partial charge in [-0.25, -0.2) is 0 Å². The summed E-state index contributed by atoms with van der Waals surface area (Å²) in [7, 11) is 0. The van der Waals surface area contributed by atoms with Crippen LogP contribution in [-0.4, -0.2) is 35.0 Å². The number of hydrogen-bond donors (Lipinski definition) is 1. The van der Waals surface area contributed by atoms with Gasteiger partial charge in [0, 0.05) is 42.5 Å². The summed E-state index contributed by atoms with van der Waals surface area (Å²) >= 11 is 0. The summed E-state index contributed by atoms with van der Waals surface area (Å²) in [5.41, 5.74) is 1.75. The Balaban J connectivity index is 1.98. The number of nitrogens with one attached hydrogen (secondary N) is 1. The van der Waals surface area contributed by atoms with Crippen LogP contribution in [0, 0.1) is 17.0 Å². The molecule has 0 aromatic heterocycles. The SMILES string of the molecule is Cc1ccc(NC2CCN(C(C)C)CC2)cc1[N+](=O)[O-]. The average Bonchev–Trinajstić information content (AvgIpc) is 2.41. The fourth-order valence-electron chi connectivity index (χ4n) is 2.69. The highest BCUT2D eigenvalue weighted by Crippen LogP contribution is 2.24. The van der Waals surface area contributed by atoms with E-state index >= 15 is 0 Å². The maximum atomic E-state index is 11.0. The van der Waals surface area contributed by atoms with E-state index in [1.54, 1.807) is 13.0 Å². The number of anilines is 1. The molecule has 1 saturated heterocycles. The molecule has 0 saturated carbocycles. The quantitative estimate of drug-likeness (QED) is 0.678. The predicted octanol–water partition coefficient (Wildman–Crippen LogP) is 3.19. The van der Waals surface area contributed by atoms with E-state index in [4.69, 9.17) is 0 Å². The highest BCUT2D eigenvalue weighted by Gasteiger charge is 2.21. The standard InChI is InChI=1S/C15H23N3O2/c1-11(2)17-8-6-13(7-9-17)16-14-5-4-12(3)15(10-14)18(19)20/h4-5,10-11,13,16H,6-9H2,1-3H3. The molecule has 0 unspecified atom stereocenters. The van der Waals surface area contributed by atoms with Crippen LogP contribution in [0.2, 0.25) is 0 Å². The molecule has 20 heavy (non-hydrogen) atoms. The summed E-state index contributed by atoms with van der Waals surface area (Å²) in [5.74, 6) is 0. The number of nitro groups is 1. The van der Waals surface area contributed by atoms with Crippen molar-refractivity contribution in [3.05, 3.63) is 33.9 Å². The highest BCUT2D eigenvalue weighted by molar-refractivity contribution is 5.55. The van der Waals surface area contributed by atoms with Gasteiger partial charge < -0.3 is 10.2 Å². The number of hydrogen-bond acceptors (Lipinski definition) is 4. The second kappa shape index (κ2) is 6.22. The minimum atomic E-state index is -0.318. The molecule has 2 rings (SSSR count). The molecule has 0 bridgehead atoms. The molecule has 1 aromatic carbocycles. The van der Waals surface area contributed by atoms with E-state index in [1.165, 1.54) is 0 Å². The third-order valence-corrected chi connectivity index (χ3v) is 4.04. The molecule has 1 heterocycles. The lowest BCUT2D eigenvalue weighted by atomic mass is 10.0. The largest absolute Gasteiger partial charge is 0.382 e. The molecular formula is C15H23N3O2. The summed E-state index contributed by atoms with van der Waals surface area (Å²) in [5, 5.41) is 14.4. The molecule has 110 valence electrons. The van der Waals surface area contributed by atoms with E-state index < -0.39 is 0 Å². The van der Waals surface area contributed by atoms with Crippen LogP contribution in [0.25, 0.3) is 0 Å². The van der Waals surface area contributed by atoms with Crippen molar-refractivity contribution in [2.45, 2.75) is 45.7 Å². The third-order valence-electron chi connectivity index (χ3n) is 4.04. The first-order valence-electron chi connectivity index (χ1n) is 7.23. The van der Waals surface area contributed by atoms with Crippen LogP contribution in [0.15, 0.2) is 18.2 Å². The van der Waals surface area contributed by atoms with Crippen molar-refractivity contribution in [2.75, 3.05) is 18.4 Å². The normalized spacial score (nSPS) is 17.4. The van der Waals surface area contributed by atoms with Gasteiger partial charge in [-0.3, -0.25) is 10.1 Å². The zero-order chi connectivity index (χ0) is 14.7. The second-order valence-corrected chi connectivity index (χ2v) is 5.81. The van der Waals surface area contributed by atoms with E-state index in [-0.39, 0.29) is 10.6 Å². The van der Waals surface area contributed by atoms with E-state index in [0.717, 1.165) is 31.6 Å². The van der Waals surface area contributed by atoms with Crippen LogP contribution in [-0.2, 0) is 0 Å². The molecule has 0 aliphatic carbocycles. The topological polar surface area (TPSA) is 58.4 Å². The highest BCUT2D eigenvalue weighted by atomic mass is 16.6. The minimum Gasteiger partial charge on any atom is -0.382 e. The van der Waals surface area contributed by atoms with E-state index in [9.17, 15) is 10.1 Å². The molecule has 5 heteroatoms. The van der Waals surface area contributed by atoms with Gasteiger partial charge in [0.05, 0.1) is 4.92 Å². The van der Waals surface area contributed by atoms with E-state index in [0.29, 0.717) is 17.6 Å². The third kappa shape index (κ3) is 3.48. The van der Waals surface area contributed by atoms with Crippen molar-refractivity contribution in [2.24, 2.45) is 0 Å². The van der Waals surface area contributed by atoms with Crippen molar-refractivity contribution in [1.82, 2.24) is 4.90 Å². The lowest BCUT2D eigenvalue weighted by Crippen LogP contribution is -2.42. The minimum absolute atomic E-state index is 0.189. The molecular weight excluding hydrogens is 254 g/mol. The van der Waals surface area contributed by atoms with Gasteiger partial charge in [-0.2, -0.15) is 0 Å². The van der Waals surface area contributed by atoms with Gasteiger partial charge in [0.25, 0.3) is 5.69 Å². The molecule has 1 aliphatic rings. The van der Waals surface area contributed by atoms with E-state index in [1.807, 2.05) is 12.1 Å². The Morgan fingerprint density at radius 2 is 2.00 bits per heavy atom. The van der Waals surface area contributed by atoms with Crippen LogP contribution < -0.4 is 5.32 Å². The summed E-state index contributed by atoms with van der Waals surface area (Å²) in [4.78, 5) is 13.1. The lowest BCUT2D eigenvalue weighted by Gasteiger charge is -2.35. The fourth-order valence-corrected chi connectivity index (χ4v) is 2.69. The second-order valence-electron chi connectivity index (χ2n) is 5.81. The van der Waals surface area contributed by atoms with Gasteiger partial charge in [-0.1, -0.05) is 6.07 Å². The number of benzene rings is 1.